The summed E-state index contributed by atoms with van der Waals surface area (Å²) in [6.07, 6.45) is 4.61. The third kappa shape index (κ3) is 4.41. The third-order valence-corrected chi connectivity index (χ3v) is 4.88. The van der Waals surface area contributed by atoms with Gasteiger partial charge in [0.2, 0.25) is 0 Å². The molecule has 1 atom stereocenters. The van der Waals surface area contributed by atoms with Crippen LogP contribution in [0.4, 0.5) is 5.82 Å². The van der Waals surface area contributed by atoms with Crippen LogP contribution in [0.2, 0.25) is 0 Å². The SMILES string of the molecule is CN(Cc1ccccc1)c1ncccc1CNC(=O)[C@]1(C)CCCCO1. The minimum Gasteiger partial charge on any atom is -0.365 e. The fourth-order valence-corrected chi connectivity index (χ4v) is 3.32. The van der Waals surface area contributed by atoms with Gasteiger partial charge in [-0.3, -0.25) is 4.79 Å². The second-order valence-electron chi connectivity index (χ2n) is 7.05. The van der Waals surface area contributed by atoms with Crippen molar-refractivity contribution in [1.82, 2.24) is 10.3 Å². The van der Waals surface area contributed by atoms with Crippen LogP contribution in [0.1, 0.15) is 37.3 Å². The molecular formula is C21H27N3O2. The predicted molar refractivity (Wildman–Crippen MR) is 103 cm³/mol. The molecule has 0 bridgehead atoms. The van der Waals surface area contributed by atoms with Gasteiger partial charge in [0.25, 0.3) is 5.91 Å². The van der Waals surface area contributed by atoms with Gasteiger partial charge < -0.3 is 15.0 Å². The maximum atomic E-state index is 12.6. The van der Waals surface area contributed by atoms with E-state index in [-0.39, 0.29) is 5.91 Å². The summed E-state index contributed by atoms with van der Waals surface area (Å²) in [4.78, 5) is 19.2. The van der Waals surface area contributed by atoms with Crippen LogP contribution in [0.25, 0.3) is 0 Å². The first kappa shape index (κ1) is 18.4. The molecule has 26 heavy (non-hydrogen) atoms. The number of rotatable bonds is 6. The molecule has 3 rings (SSSR count). The number of amides is 1. The molecule has 1 aliphatic rings. The molecule has 0 aliphatic carbocycles. The van der Waals surface area contributed by atoms with Crippen molar-refractivity contribution in [2.45, 2.75) is 44.9 Å². The molecule has 0 spiro atoms. The fraction of sp³-hybridized carbons (Fsp3) is 0.429. The van der Waals surface area contributed by atoms with Gasteiger partial charge in [-0.05, 0) is 37.8 Å². The van der Waals surface area contributed by atoms with Crippen LogP contribution >= 0.6 is 0 Å². The van der Waals surface area contributed by atoms with Crippen LogP contribution in [0.15, 0.2) is 48.7 Å². The Balaban J connectivity index is 1.66. The van der Waals surface area contributed by atoms with E-state index < -0.39 is 5.60 Å². The molecule has 138 valence electrons. The number of hydrogen-bond donors (Lipinski definition) is 1. The van der Waals surface area contributed by atoms with Crippen molar-refractivity contribution in [2.24, 2.45) is 0 Å². The first-order chi connectivity index (χ1) is 12.6. The molecule has 1 aromatic heterocycles. The Hall–Kier alpha value is -2.40. The Labute approximate surface area is 155 Å². The number of carbonyl (C=O) groups excluding carboxylic acids is 1. The lowest BCUT2D eigenvalue weighted by molar-refractivity contribution is -0.150. The first-order valence-electron chi connectivity index (χ1n) is 9.20. The molecule has 2 aromatic rings. The highest BCUT2D eigenvalue weighted by Crippen LogP contribution is 2.25. The molecule has 1 amide bonds. The van der Waals surface area contributed by atoms with Gasteiger partial charge in [0, 0.05) is 38.5 Å². The molecular weight excluding hydrogens is 326 g/mol. The van der Waals surface area contributed by atoms with Gasteiger partial charge in [-0.2, -0.15) is 0 Å². The van der Waals surface area contributed by atoms with Crippen LogP contribution < -0.4 is 10.2 Å². The van der Waals surface area contributed by atoms with Crippen LogP contribution in [0.3, 0.4) is 0 Å². The Morgan fingerprint density at radius 3 is 2.77 bits per heavy atom. The average molecular weight is 353 g/mol. The highest BCUT2D eigenvalue weighted by atomic mass is 16.5. The number of nitrogens with one attached hydrogen (secondary N) is 1. The van der Waals surface area contributed by atoms with Crippen LogP contribution in [0.5, 0.6) is 0 Å². The maximum absolute atomic E-state index is 12.6. The molecule has 1 N–H and O–H groups in total. The average Bonchev–Trinajstić information content (AvgIpc) is 2.67. The summed E-state index contributed by atoms with van der Waals surface area (Å²) in [6, 6.07) is 14.2. The van der Waals surface area contributed by atoms with Gasteiger partial charge in [-0.15, -0.1) is 0 Å². The van der Waals surface area contributed by atoms with E-state index in [1.54, 1.807) is 6.20 Å². The Bertz CT molecular complexity index is 727. The quantitative estimate of drug-likeness (QED) is 0.866. The number of pyridine rings is 1. The van der Waals surface area contributed by atoms with Crippen LogP contribution in [-0.4, -0.2) is 30.1 Å². The van der Waals surface area contributed by atoms with E-state index in [0.717, 1.165) is 37.2 Å². The predicted octanol–water partition coefficient (Wildman–Crippen LogP) is 3.29. The maximum Gasteiger partial charge on any atom is 0.252 e. The van der Waals surface area contributed by atoms with Crippen molar-refractivity contribution in [2.75, 3.05) is 18.6 Å². The Kier molecular flexibility index (Phi) is 5.89. The van der Waals surface area contributed by atoms with Crippen molar-refractivity contribution in [3.8, 4) is 0 Å². The lowest BCUT2D eigenvalue weighted by Gasteiger charge is -2.32. The largest absolute Gasteiger partial charge is 0.365 e. The standard InChI is InChI=1S/C21H27N3O2/c1-21(12-6-7-14-26-21)20(25)23-15-18-11-8-13-22-19(18)24(2)16-17-9-4-3-5-10-17/h3-5,8-11,13H,6-7,12,14-16H2,1-2H3,(H,23,25)/t21-/m0/s1. The number of carbonyl (C=O) groups is 1. The topological polar surface area (TPSA) is 54.5 Å². The Morgan fingerprint density at radius 1 is 1.23 bits per heavy atom. The second kappa shape index (κ2) is 8.32. The van der Waals surface area contributed by atoms with Crippen LogP contribution in [-0.2, 0) is 22.6 Å². The molecule has 0 radical (unpaired) electrons. The molecule has 1 fully saturated rings. The van der Waals surface area contributed by atoms with E-state index in [1.807, 2.05) is 44.3 Å². The molecule has 1 aliphatic heterocycles. The summed E-state index contributed by atoms with van der Waals surface area (Å²) in [6.45, 7) is 3.74. The summed E-state index contributed by atoms with van der Waals surface area (Å²) < 4.78 is 5.73. The second-order valence-corrected chi connectivity index (χ2v) is 7.05. The summed E-state index contributed by atoms with van der Waals surface area (Å²) in [5.41, 5.74) is 1.51. The minimum absolute atomic E-state index is 0.0438. The summed E-state index contributed by atoms with van der Waals surface area (Å²) >= 11 is 0. The van der Waals surface area contributed by atoms with Gasteiger partial charge in [0.15, 0.2) is 0 Å². The van der Waals surface area contributed by atoms with Crippen molar-refractivity contribution >= 4 is 11.7 Å². The van der Waals surface area contributed by atoms with Gasteiger partial charge in [0.05, 0.1) is 0 Å². The van der Waals surface area contributed by atoms with Gasteiger partial charge in [0.1, 0.15) is 11.4 Å². The summed E-state index contributed by atoms with van der Waals surface area (Å²) in [5, 5.41) is 3.04. The lowest BCUT2D eigenvalue weighted by Crippen LogP contribution is -2.48. The number of nitrogens with zero attached hydrogens (tertiary/aromatic N) is 2. The highest BCUT2D eigenvalue weighted by Gasteiger charge is 2.35. The highest BCUT2D eigenvalue weighted by molar-refractivity contribution is 5.84. The van der Waals surface area contributed by atoms with E-state index in [1.165, 1.54) is 5.56 Å². The van der Waals surface area contributed by atoms with Gasteiger partial charge in [-0.1, -0.05) is 36.4 Å². The number of hydrogen-bond acceptors (Lipinski definition) is 4. The van der Waals surface area contributed by atoms with E-state index in [4.69, 9.17) is 4.74 Å². The van der Waals surface area contributed by atoms with Crippen molar-refractivity contribution in [3.63, 3.8) is 0 Å². The minimum atomic E-state index is -0.712. The van der Waals surface area contributed by atoms with E-state index in [0.29, 0.717) is 13.2 Å². The fourth-order valence-electron chi connectivity index (χ4n) is 3.32. The molecule has 2 heterocycles. The molecule has 0 unspecified atom stereocenters. The summed E-state index contributed by atoms with van der Waals surface area (Å²) in [7, 11) is 2.02. The number of anilines is 1. The van der Waals surface area contributed by atoms with Crippen molar-refractivity contribution in [1.29, 1.82) is 0 Å². The van der Waals surface area contributed by atoms with Crippen molar-refractivity contribution < 1.29 is 9.53 Å². The molecule has 0 saturated carbocycles. The third-order valence-electron chi connectivity index (χ3n) is 4.88. The normalized spacial score (nSPS) is 19.8. The van der Waals surface area contributed by atoms with E-state index in [9.17, 15) is 4.79 Å². The number of ether oxygens (including phenoxy) is 1. The zero-order chi connectivity index (χ0) is 18.4. The zero-order valence-electron chi connectivity index (χ0n) is 15.6. The zero-order valence-corrected chi connectivity index (χ0v) is 15.6. The van der Waals surface area contributed by atoms with E-state index >= 15 is 0 Å². The first-order valence-corrected chi connectivity index (χ1v) is 9.20. The van der Waals surface area contributed by atoms with Gasteiger partial charge >= 0.3 is 0 Å². The Morgan fingerprint density at radius 2 is 2.04 bits per heavy atom. The van der Waals surface area contributed by atoms with E-state index in [2.05, 4.69) is 27.3 Å². The molecule has 5 heteroatoms. The van der Waals surface area contributed by atoms with Gasteiger partial charge in [-0.25, -0.2) is 4.98 Å². The van der Waals surface area contributed by atoms with Crippen molar-refractivity contribution in [3.05, 3.63) is 59.8 Å². The molecule has 1 saturated heterocycles. The smallest absolute Gasteiger partial charge is 0.252 e. The molecule has 5 nitrogen and oxygen atoms in total. The monoisotopic (exact) mass is 353 g/mol. The number of aromatic nitrogens is 1. The van der Waals surface area contributed by atoms with Crippen LogP contribution in [0, 0.1) is 0 Å². The molecule has 1 aromatic carbocycles. The lowest BCUT2D eigenvalue weighted by atomic mass is 9.95. The number of benzene rings is 1. The summed E-state index contributed by atoms with van der Waals surface area (Å²) in [5.74, 6) is 0.837.